The van der Waals surface area contributed by atoms with Gasteiger partial charge in [0.05, 0.1) is 0 Å². The van der Waals surface area contributed by atoms with E-state index < -0.39 is 0 Å². The summed E-state index contributed by atoms with van der Waals surface area (Å²) in [6.45, 7) is 6.53. The van der Waals surface area contributed by atoms with Crippen molar-refractivity contribution in [3.63, 3.8) is 0 Å². The minimum atomic E-state index is 0.584. The molecule has 2 N–H and O–H groups in total. The van der Waals surface area contributed by atoms with Crippen LogP contribution in [0.4, 0.5) is 11.6 Å². The Labute approximate surface area is 96.9 Å². The molecule has 0 spiro atoms. The monoisotopic (exact) mass is 220 g/mol. The SMILES string of the molecule is CCc1nc(N)cc(N2CCC(C)CC2)n1. The van der Waals surface area contributed by atoms with Crippen LogP contribution in [0.3, 0.4) is 0 Å². The predicted molar refractivity (Wildman–Crippen MR) is 66.4 cm³/mol. The van der Waals surface area contributed by atoms with E-state index in [4.69, 9.17) is 5.73 Å². The van der Waals surface area contributed by atoms with Crippen molar-refractivity contribution >= 4 is 11.6 Å². The van der Waals surface area contributed by atoms with E-state index in [2.05, 4.69) is 28.7 Å². The number of nitrogens with two attached hydrogens (primary N) is 1. The lowest BCUT2D eigenvalue weighted by molar-refractivity contribution is 0.436. The molecule has 88 valence electrons. The van der Waals surface area contributed by atoms with Crippen molar-refractivity contribution in [1.29, 1.82) is 0 Å². The molecule has 0 aromatic carbocycles. The van der Waals surface area contributed by atoms with E-state index in [-0.39, 0.29) is 0 Å². The zero-order chi connectivity index (χ0) is 11.5. The highest BCUT2D eigenvalue weighted by atomic mass is 15.2. The van der Waals surface area contributed by atoms with Crippen LogP contribution in [0.25, 0.3) is 0 Å². The normalized spacial score (nSPS) is 17.8. The summed E-state index contributed by atoms with van der Waals surface area (Å²) in [5, 5.41) is 0. The number of aryl methyl sites for hydroxylation is 1. The minimum Gasteiger partial charge on any atom is -0.384 e. The van der Waals surface area contributed by atoms with Gasteiger partial charge in [0.1, 0.15) is 17.5 Å². The molecule has 0 bridgehead atoms. The highest BCUT2D eigenvalue weighted by Gasteiger charge is 2.17. The highest BCUT2D eigenvalue weighted by molar-refractivity contribution is 5.47. The molecule has 1 aromatic heterocycles. The molecule has 1 aromatic rings. The molecule has 1 aliphatic rings. The van der Waals surface area contributed by atoms with Gasteiger partial charge in [-0.3, -0.25) is 0 Å². The predicted octanol–water partition coefficient (Wildman–Crippen LogP) is 1.86. The average Bonchev–Trinajstić information content (AvgIpc) is 2.29. The lowest BCUT2D eigenvalue weighted by atomic mass is 9.99. The van der Waals surface area contributed by atoms with Gasteiger partial charge < -0.3 is 10.6 Å². The fourth-order valence-corrected chi connectivity index (χ4v) is 2.06. The summed E-state index contributed by atoms with van der Waals surface area (Å²) in [4.78, 5) is 11.1. The standard InChI is InChI=1S/C12H20N4/c1-3-11-14-10(13)8-12(15-11)16-6-4-9(2)5-7-16/h8-9H,3-7H2,1-2H3,(H2,13,14,15). The maximum Gasteiger partial charge on any atom is 0.134 e. The fourth-order valence-electron chi connectivity index (χ4n) is 2.06. The van der Waals surface area contributed by atoms with Crippen molar-refractivity contribution in [2.75, 3.05) is 23.7 Å². The minimum absolute atomic E-state index is 0.584. The molecule has 0 amide bonds. The summed E-state index contributed by atoms with van der Waals surface area (Å²) in [7, 11) is 0. The fraction of sp³-hybridized carbons (Fsp3) is 0.667. The average molecular weight is 220 g/mol. The number of hydrogen-bond acceptors (Lipinski definition) is 4. The van der Waals surface area contributed by atoms with Gasteiger partial charge in [0.15, 0.2) is 0 Å². The Balaban J connectivity index is 2.16. The van der Waals surface area contributed by atoms with Crippen molar-refractivity contribution in [3.8, 4) is 0 Å². The molecular weight excluding hydrogens is 200 g/mol. The van der Waals surface area contributed by atoms with Crippen molar-refractivity contribution in [2.45, 2.75) is 33.1 Å². The van der Waals surface area contributed by atoms with Crippen molar-refractivity contribution in [1.82, 2.24) is 9.97 Å². The van der Waals surface area contributed by atoms with Gasteiger partial charge in [0, 0.05) is 25.6 Å². The van der Waals surface area contributed by atoms with Gasteiger partial charge in [0.25, 0.3) is 0 Å². The molecule has 4 heteroatoms. The lowest BCUT2D eigenvalue weighted by Crippen LogP contribution is -2.33. The van der Waals surface area contributed by atoms with Gasteiger partial charge in [-0.25, -0.2) is 9.97 Å². The van der Waals surface area contributed by atoms with Gasteiger partial charge in [-0.15, -0.1) is 0 Å². The van der Waals surface area contributed by atoms with Crippen LogP contribution in [0.1, 0.15) is 32.5 Å². The Kier molecular flexibility index (Phi) is 3.27. The van der Waals surface area contributed by atoms with Gasteiger partial charge in [-0.1, -0.05) is 13.8 Å². The highest BCUT2D eigenvalue weighted by Crippen LogP contribution is 2.22. The summed E-state index contributed by atoms with van der Waals surface area (Å²) in [6.07, 6.45) is 3.32. The quantitative estimate of drug-likeness (QED) is 0.826. The number of aromatic nitrogens is 2. The number of nitrogen functional groups attached to an aromatic ring is 1. The zero-order valence-electron chi connectivity index (χ0n) is 10.1. The van der Waals surface area contributed by atoms with E-state index in [0.29, 0.717) is 5.82 Å². The van der Waals surface area contributed by atoms with Crippen LogP contribution in [-0.4, -0.2) is 23.1 Å². The molecule has 1 fully saturated rings. The second-order valence-electron chi connectivity index (χ2n) is 4.59. The summed E-state index contributed by atoms with van der Waals surface area (Å²) in [5.74, 6) is 3.26. The summed E-state index contributed by atoms with van der Waals surface area (Å²) in [6, 6.07) is 1.88. The van der Waals surface area contributed by atoms with Crippen LogP contribution >= 0.6 is 0 Å². The van der Waals surface area contributed by atoms with E-state index in [1.807, 2.05) is 6.07 Å². The molecule has 1 aliphatic heterocycles. The number of piperidine rings is 1. The molecule has 16 heavy (non-hydrogen) atoms. The van der Waals surface area contributed by atoms with Crippen LogP contribution in [0.15, 0.2) is 6.07 Å². The molecule has 0 unspecified atom stereocenters. The third-order valence-electron chi connectivity index (χ3n) is 3.20. The number of nitrogens with zero attached hydrogens (tertiary/aromatic N) is 3. The van der Waals surface area contributed by atoms with Crippen LogP contribution in [0.5, 0.6) is 0 Å². The Morgan fingerprint density at radius 1 is 1.38 bits per heavy atom. The molecule has 0 atom stereocenters. The van der Waals surface area contributed by atoms with Crippen LogP contribution < -0.4 is 10.6 Å². The van der Waals surface area contributed by atoms with E-state index in [1.165, 1.54) is 12.8 Å². The topological polar surface area (TPSA) is 55.0 Å². The summed E-state index contributed by atoms with van der Waals surface area (Å²) < 4.78 is 0. The van der Waals surface area contributed by atoms with Crippen molar-refractivity contribution in [3.05, 3.63) is 11.9 Å². The van der Waals surface area contributed by atoms with Gasteiger partial charge in [-0.2, -0.15) is 0 Å². The van der Waals surface area contributed by atoms with Crippen molar-refractivity contribution in [2.24, 2.45) is 5.92 Å². The molecule has 4 nitrogen and oxygen atoms in total. The Hall–Kier alpha value is -1.32. The maximum atomic E-state index is 5.79. The first-order valence-corrected chi connectivity index (χ1v) is 6.07. The summed E-state index contributed by atoms with van der Waals surface area (Å²) in [5.41, 5.74) is 5.79. The first-order chi connectivity index (χ1) is 7.69. The van der Waals surface area contributed by atoms with E-state index in [9.17, 15) is 0 Å². The lowest BCUT2D eigenvalue weighted by Gasteiger charge is -2.31. The summed E-state index contributed by atoms with van der Waals surface area (Å²) >= 11 is 0. The first kappa shape index (κ1) is 11.2. The second-order valence-corrected chi connectivity index (χ2v) is 4.59. The van der Waals surface area contributed by atoms with Gasteiger partial charge in [-0.05, 0) is 18.8 Å². The Bertz CT molecular complexity index is 356. The molecule has 0 aliphatic carbocycles. The van der Waals surface area contributed by atoms with Crippen LogP contribution in [-0.2, 0) is 6.42 Å². The van der Waals surface area contributed by atoms with Crippen LogP contribution in [0.2, 0.25) is 0 Å². The zero-order valence-corrected chi connectivity index (χ0v) is 10.1. The molecular formula is C12H20N4. The molecule has 1 saturated heterocycles. The van der Waals surface area contributed by atoms with Crippen molar-refractivity contribution < 1.29 is 0 Å². The van der Waals surface area contributed by atoms with E-state index in [0.717, 1.165) is 37.1 Å². The largest absolute Gasteiger partial charge is 0.384 e. The third kappa shape index (κ3) is 2.43. The number of anilines is 2. The molecule has 2 heterocycles. The Morgan fingerprint density at radius 2 is 2.06 bits per heavy atom. The van der Waals surface area contributed by atoms with Crippen LogP contribution in [0, 0.1) is 5.92 Å². The second kappa shape index (κ2) is 4.68. The van der Waals surface area contributed by atoms with E-state index in [1.54, 1.807) is 0 Å². The third-order valence-corrected chi connectivity index (χ3v) is 3.20. The molecule has 0 saturated carbocycles. The van der Waals surface area contributed by atoms with Gasteiger partial charge in [0.2, 0.25) is 0 Å². The van der Waals surface area contributed by atoms with Gasteiger partial charge >= 0.3 is 0 Å². The number of rotatable bonds is 2. The van der Waals surface area contributed by atoms with E-state index >= 15 is 0 Å². The molecule has 2 rings (SSSR count). The maximum absolute atomic E-state index is 5.79. The number of hydrogen-bond donors (Lipinski definition) is 1. The smallest absolute Gasteiger partial charge is 0.134 e. The Morgan fingerprint density at radius 3 is 2.69 bits per heavy atom. The first-order valence-electron chi connectivity index (χ1n) is 6.07. The molecule has 0 radical (unpaired) electrons.